The summed E-state index contributed by atoms with van der Waals surface area (Å²) in [6.07, 6.45) is 4.24. The number of amides is 1. The monoisotopic (exact) mass is 425 g/mol. The third kappa shape index (κ3) is 5.17. The minimum absolute atomic E-state index is 0.0800. The van der Waals surface area contributed by atoms with Crippen molar-refractivity contribution >= 4 is 15.9 Å². The summed E-state index contributed by atoms with van der Waals surface area (Å²) in [5.74, 6) is -0.0800. The van der Waals surface area contributed by atoms with Crippen molar-refractivity contribution in [3.05, 3.63) is 84.2 Å². The Morgan fingerprint density at radius 1 is 0.900 bits per heavy atom. The smallest absolute Gasteiger partial charge is 0.243 e. The Morgan fingerprint density at radius 2 is 1.47 bits per heavy atom. The number of carbonyl (C=O) groups excluding carboxylic acids is 1. The van der Waals surface area contributed by atoms with Crippen molar-refractivity contribution in [1.82, 2.24) is 14.2 Å². The second-order valence-corrected chi connectivity index (χ2v) is 8.88. The molecule has 0 spiro atoms. The first-order valence-electron chi connectivity index (χ1n) is 10.0. The molecule has 0 aliphatic carbocycles. The van der Waals surface area contributed by atoms with Crippen LogP contribution in [-0.2, 0) is 27.8 Å². The van der Waals surface area contributed by atoms with Gasteiger partial charge in [0.2, 0.25) is 15.9 Å². The minimum atomic E-state index is -3.47. The van der Waals surface area contributed by atoms with E-state index in [0.717, 1.165) is 16.8 Å². The Morgan fingerprint density at radius 3 is 2.03 bits per heavy atom. The third-order valence-electron chi connectivity index (χ3n) is 4.96. The lowest BCUT2D eigenvalue weighted by atomic mass is 10.1. The Hall–Kier alpha value is -2.90. The molecule has 1 heterocycles. The van der Waals surface area contributed by atoms with Crippen molar-refractivity contribution in [2.45, 2.75) is 31.7 Å². The number of nitrogens with one attached hydrogen (secondary N) is 1. The van der Waals surface area contributed by atoms with Crippen LogP contribution in [0, 0.1) is 0 Å². The largest absolute Gasteiger partial charge is 0.352 e. The van der Waals surface area contributed by atoms with Gasteiger partial charge in [0, 0.05) is 37.7 Å². The van der Waals surface area contributed by atoms with Gasteiger partial charge in [0.25, 0.3) is 0 Å². The molecule has 1 amide bonds. The number of carbonyl (C=O) groups is 1. The second-order valence-electron chi connectivity index (χ2n) is 6.94. The fraction of sp³-hybridized carbons (Fsp3) is 0.261. The maximum atomic E-state index is 12.5. The summed E-state index contributed by atoms with van der Waals surface area (Å²) in [7, 11) is -3.47. The Labute approximate surface area is 178 Å². The highest BCUT2D eigenvalue weighted by molar-refractivity contribution is 7.89. The number of rotatable bonds is 9. The molecule has 0 bridgehead atoms. The van der Waals surface area contributed by atoms with E-state index in [1.165, 1.54) is 4.31 Å². The van der Waals surface area contributed by atoms with Gasteiger partial charge in [-0.15, -0.1) is 0 Å². The van der Waals surface area contributed by atoms with Crippen LogP contribution in [0.15, 0.2) is 78.0 Å². The van der Waals surface area contributed by atoms with Gasteiger partial charge in [-0.3, -0.25) is 4.79 Å². The van der Waals surface area contributed by atoms with Crippen LogP contribution >= 0.6 is 0 Å². The van der Waals surface area contributed by atoms with E-state index in [4.69, 9.17) is 0 Å². The van der Waals surface area contributed by atoms with E-state index in [1.54, 1.807) is 24.3 Å². The van der Waals surface area contributed by atoms with Crippen LogP contribution in [0.25, 0.3) is 5.69 Å². The summed E-state index contributed by atoms with van der Waals surface area (Å²) >= 11 is 0. The topological polar surface area (TPSA) is 71.4 Å². The Kier molecular flexibility index (Phi) is 7.07. The van der Waals surface area contributed by atoms with Gasteiger partial charge >= 0.3 is 0 Å². The van der Waals surface area contributed by atoms with E-state index in [0.29, 0.717) is 26.1 Å². The summed E-state index contributed by atoms with van der Waals surface area (Å²) in [4.78, 5) is 12.5. The van der Waals surface area contributed by atoms with E-state index in [1.807, 2.05) is 67.2 Å². The van der Waals surface area contributed by atoms with E-state index in [2.05, 4.69) is 5.32 Å². The Bertz CT molecular complexity index is 1050. The number of hydrogen-bond donors (Lipinski definition) is 1. The van der Waals surface area contributed by atoms with Crippen LogP contribution in [0.5, 0.6) is 0 Å². The molecule has 0 radical (unpaired) electrons. The highest BCUT2D eigenvalue weighted by atomic mass is 32.2. The van der Waals surface area contributed by atoms with Gasteiger partial charge in [0.1, 0.15) is 0 Å². The first-order valence-corrected chi connectivity index (χ1v) is 11.5. The predicted molar refractivity (Wildman–Crippen MR) is 118 cm³/mol. The lowest BCUT2D eigenvalue weighted by Gasteiger charge is -2.18. The maximum absolute atomic E-state index is 12.5. The van der Waals surface area contributed by atoms with Gasteiger partial charge in [-0.25, -0.2) is 8.42 Å². The van der Waals surface area contributed by atoms with Crippen LogP contribution in [0.1, 0.15) is 25.0 Å². The second kappa shape index (κ2) is 9.73. The first-order chi connectivity index (χ1) is 14.4. The van der Waals surface area contributed by atoms with E-state index >= 15 is 0 Å². The van der Waals surface area contributed by atoms with Crippen molar-refractivity contribution < 1.29 is 13.2 Å². The van der Waals surface area contributed by atoms with Gasteiger partial charge in [0.05, 0.1) is 11.3 Å². The molecule has 1 N–H and O–H groups in total. The zero-order valence-electron chi connectivity index (χ0n) is 17.3. The average molecular weight is 426 g/mol. The molecule has 158 valence electrons. The lowest BCUT2D eigenvalue weighted by molar-refractivity contribution is -0.120. The minimum Gasteiger partial charge on any atom is -0.352 e. The summed E-state index contributed by atoms with van der Waals surface area (Å²) in [5.41, 5.74) is 2.83. The van der Waals surface area contributed by atoms with Crippen LogP contribution in [0.3, 0.4) is 0 Å². The number of aromatic nitrogens is 1. The maximum Gasteiger partial charge on any atom is 0.243 e. The molecule has 0 aliphatic rings. The Balaban J connectivity index is 1.55. The molecule has 0 saturated carbocycles. The molecule has 2 aromatic carbocycles. The van der Waals surface area contributed by atoms with E-state index < -0.39 is 10.0 Å². The molecule has 3 aromatic rings. The van der Waals surface area contributed by atoms with Crippen LogP contribution in [0.2, 0.25) is 0 Å². The molecule has 0 fully saturated rings. The van der Waals surface area contributed by atoms with Crippen LogP contribution in [-0.4, -0.2) is 36.3 Å². The zero-order valence-corrected chi connectivity index (χ0v) is 18.1. The molecular weight excluding hydrogens is 398 g/mol. The molecular formula is C23H27N3O3S. The fourth-order valence-corrected chi connectivity index (χ4v) is 4.69. The predicted octanol–water partition coefficient (Wildman–Crippen LogP) is 3.37. The molecule has 7 heteroatoms. The molecule has 1 aromatic heterocycles. The number of nitrogens with zero attached hydrogens (tertiary/aromatic N) is 2. The molecule has 0 atom stereocenters. The quantitative estimate of drug-likeness (QED) is 0.571. The molecule has 30 heavy (non-hydrogen) atoms. The number of hydrogen-bond acceptors (Lipinski definition) is 3. The molecule has 0 saturated heterocycles. The van der Waals surface area contributed by atoms with Crippen molar-refractivity contribution in [2.75, 3.05) is 13.1 Å². The highest BCUT2D eigenvalue weighted by Gasteiger charge is 2.21. The lowest BCUT2D eigenvalue weighted by Crippen LogP contribution is -2.30. The van der Waals surface area contributed by atoms with Crippen LogP contribution in [0.4, 0.5) is 0 Å². The average Bonchev–Trinajstić information content (AvgIpc) is 3.29. The van der Waals surface area contributed by atoms with Crippen molar-refractivity contribution in [2.24, 2.45) is 0 Å². The molecule has 3 rings (SSSR count). The standard InChI is InChI=1S/C23H27N3O3S/c1-3-26(4-2)30(28,29)22-13-9-20(10-14-22)18-24-23(27)17-19-7-11-21(12-8-19)25-15-5-6-16-25/h5-16H,3-4,17-18H2,1-2H3,(H,24,27). The van der Waals surface area contributed by atoms with E-state index in [9.17, 15) is 13.2 Å². The number of benzene rings is 2. The SMILES string of the molecule is CCN(CC)S(=O)(=O)c1ccc(CNC(=O)Cc2ccc(-n3cccc3)cc2)cc1. The summed E-state index contributed by atoms with van der Waals surface area (Å²) < 4.78 is 28.5. The van der Waals surface area contributed by atoms with Crippen LogP contribution < -0.4 is 5.32 Å². The first kappa shape index (κ1) is 21.8. The fourth-order valence-electron chi connectivity index (χ4n) is 3.23. The molecule has 0 aliphatic heterocycles. The van der Waals surface area contributed by atoms with Gasteiger partial charge in [-0.1, -0.05) is 38.1 Å². The summed E-state index contributed by atoms with van der Waals surface area (Å²) in [6.45, 7) is 4.86. The molecule has 6 nitrogen and oxygen atoms in total. The van der Waals surface area contributed by atoms with Crippen molar-refractivity contribution in [3.63, 3.8) is 0 Å². The van der Waals surface area contributed by atoms with Gasteiger partial charge in [-0.05, 0) is 47.5 Å². The van der Waals surface area contributed by atoms with Gasteiger partial charge < -0.3 is 9.88 Å². The van der Waals surface area contributed by atoms with Gasteiger partial charge in [0.15, 0.2) is 0 Å². The normalized spacial score (nSPS) is 11.6. The van der Waals surface area contributed by atoms with Crippen molar-refractivity contribution in [3.8, 4) is 5.69 Å². The summed E-state index contributed by atoms with van der Waals surface area (Å²) in [5, 5.41) is 2.89. The number of sulfonamides is 1. The van der Waals surface area contributed by atoms with E-state index in [-0.39, 0.29) is 10.8 Å². The highest BCUT2D eigenvalue weighted by Crippen LogP contribution is 2.16. The third-order valence-corrected chi connectivity index (χ3v) is 7.02. The zero-order chi connectivity index (χ0) is 21.6. The van der Waals surface area contributed by atoms with Crippen molar-refractivity contribution in [1.29, 1.82) is 0 Å². The molecule has 0 unspecified atom stereocenters. The van der Waals surface area contributed by atoms with Gasteiger partial charge in [-0.2, -0.15) is 4.31 Å². The summed E-state index contributed by atoms with van der Waals surface area (Å²) in [6, 6.07) is 18.5.